The quantitative estimate of drug-likeness (QED) is 0.465. The number of hydrogen-bond acceptors (Lipinski definition) is 6. The van der Waals surface area contributed by atoms with Crippen LogP contribution in [-0.2, 0) is 24.3 Å². The van der Waals surface area contributed by atoms with Gasteiger partial charge in [0, 0.05) is 35.7 Å². The van der Waals surface area contributed by atoms with E-state index in [1.807, 2.05) is 18.4 Å². The standard InChI is InChI=1S/C23H28N2O6S/c1-15-11-20(15)23(27)31-14-22(26)21-12-16(2)25(17(21)3)18-5-4-6-19(13-18)32(28,29)24-7-9-30-10-8-24/h4-6,12-13,15,20H,7-11,14H2,1-3H3. The molecule has 0 bridgehead atoms. The zero-order valence-electron chi connectivity index (χ0n) is 18.5. The first kappa shape index (κ1) is 22.7. The summed E-state index contributed by atoms with van der Waals surface area (Å²) in [6, 6.07) is 8.44. The number of Topliss-reactive ketones (excluding diaryl/α,β-unsaturated/α-hetero) is 1. The Morgan fingerprint density at radius 2 is 1.84 bits per heavy atom. The van der Waals surface area contributed by atoms with Crippen LogP contribution in [0.15, 0.2) is 35.2 Å². The number of hydrogen-bond donors (Lipinski definition) is 0. The van der Waals surface area contributed by atoms with Gasteiger partial charge in [-0.15, -0.1) is 0 Å². The number of ether oxygens (including phenoxy) is 2. The monoisotopic (exact) mass is 460 g/mol. The maximum atomic E-state index is 13.0. The second-order valence-electron chi connectivity index (χ2n) is 8.48. The number of sulfonamides is 1. The van der Waals surface area contributed by atoms with Gasteiger partial charge in [0.2, 0.25) is 15.8 Å². The van der Waals surface area contributed by atoms with Crippen LogP contribution >= 0.6 is 0 Å². The van der Waals surface area contributed by atoms with Crippen molar-refractivity contribution in [3.8, 4) is 5.69 Å². The van der Waals surface area contributed by atoms with Crippen molar-refractivity contribution in [1.29, 1.82) is 0 Å². The molecule has 2 fully saturated rings. The second-order valence-corrected chi connectivity index (χ2v) is 10.4. The van der Waals surface area contributed by atoms with Crippen molar-refractivity contribution in [3.05, 3.63) is 47.3 Å². The van der Waals surface area contributed by atoms with Gasteiger partial charge in [0.15, 0.2) is 6.61 Å². The van der Waals surface area contributed by atoms with Gasteiger partial charge in [0.25, 0.3) is 0 Å². The van der Waals surface area contributed by atoms with Crippen LogP contribution < -0.4 is 0 Å². The van der Waals surface area contributed by atoms with Crippen molar-refractivity contribution in [2.45, 2.75) is 32.1 Å². The largest absolute Gasteiger partial charge is 0.457 e. The summed E-state index contributed by atoms with van der Waals surface area (Å²) in [4.78, 5) is 24.9. The molecule has 0 spiro atoms. The summed E-state index contributed by atoms with van der Waals surface area (Å²) in [6.07, 6.45) is 0.811. The SMILES string of the molecule is Cc1cc(C(=O)COC(=O)C2CC2C)c(C)n1-c1cccc(S(=O)(=O)N2CCOCC2)c1. The van der Waals surface area contributed by atoms with Crippen LogP contribution in [0.25, 0.3) is 5.69 Å². The Bertz CT molecular complexity index is 1150. The summed E-state index contributed by atoms with van der Waals surface area (Å²) in [5, 5.41) is 0. The summed E-state index contributed by atoms with van der Waals surface area (Å²) in [7, 11) is -3.64. The highest BCUT2D eigenvalue weighted by atomic mass is 32.2. The molecule has 1 aliphatic heterocycles. The average molecular weight is 461 g/mol. The van der Waals surface area contributed by atoms with Crippen LogP contribution in [0.2, 0.25) is 0 Å². The van der Waals surface area contributed by atoms with E-state index < -0.39 is 10.0 Å². The normalized spacial score (nSPS) is 21.3. The van der Waals surface area contributed by atoms with Gasteiger partial charge >= 0.3 is 5.97 Å². The number of nitrogens with zero attached hydrogens (tertiary/aromatic N) is 2. The van der Waals surface area contributed by atoms with Crippen LogP contribution in [0.3, 0.4) is 0 Å². The first-order chi connectivity index (χ1) is 15.2. The fourth-order valence-electron chi connectivity index (χ4n) is 4.13. The van der Waals surface area contributed by atoms with Crippen molar-refractivity contribution in [1.82, 2.24) is 8.87 Å². The van der Waals surface area contributed by atoms with Crippen LogP contribution in [0, 0.1) is 25.7 Å². The van der Waals surface area contributed by atoms with Gasteiger partial charge in [0.05, 0.1) is 24.0 Å². The van der Waals surface area contributed by atoms with Crippen molar-refractivity contribution in [2.24, 2.45) is 11.8 Å². The number of esters is 1. The van der Waals surface area contributed by atoms with Gasteiger partial charge in [-0.2, -0.15) is 4.31 Å². The molecule has 2 unspecified atom stereocenters. The Morgan fingerprint density at radius 3 is 2.50 bits per heavy atom. The van der Waals surface area contributed by atoms with E-state index in [2.05, 4.69) is 0 Å². The molecule has 1 saturated carbocycles. The minimum Gasteiger partial charge on any atom is -0.457 e. The van der Waals surface area contributed by atoms with E-state index in [9.17, 15) is 18.0 Å². The summed E-state index contributed by atoms with van der Waals surface area (Å²) >= 11 is 0. The lowest BCUT2D eigenvalue weighted by Gasteiger charge is -2.26. The predicted octanol–water partition coefficient (Wildman–Crippen LogP) is 2.50. The summed E-state index contributed by atoms with van der Waals surface area (Å²) in [6.45, 7) is 6.75. The van der Waals surface area contributed by atoms with Crippen molar-refractivity contribution in [3.63, 3.8) is 0 Å². The number of ketones is 1. The lowest BCUT2D eigenvalue weighted by Crippen LogP contribution is -2.40. The number of benzene rings is 1. The average Bonchev–Trinajstić information content (AvgIpc) is 3.45. The van der Waals surface area contributed by atoms with E-state index in [1.165, 1.54) is 4.31 Å². The molecule has 0 radical (unpaired) electrons. The van der Waals surface area contributed by atoms with Gasteiger partial charge in [-0.3, -0.25) is 9.59 Å². The molecule has 1 saturated heterocycles. The van der Waals surface area contributed by atoms with Crippen LogP contribution in [0.1, 0.15) is 35.1 Å². The van der Waals surface area contributed by atoms with Gasteiger partial charge in [0.1, 0.15) is 0 Å². The molecule has 2 atom stereocenters. The van der Waals surface area contributed by atoms with E-state index in [-0.39, 0.29) is 29.2 Å². The molecule has 1 aromatic carbocycles. The third-order valence-corrected chi connectivity index (χ3v) is 8.07. The predicted molar refractivity (Wildman–Crippen MR) is 117 cm³/mol. The zero-order valence-corrected chi connectivity index (χ0v) is 19.4. The second kappa shape index (κ2) is 8.80. The molecule has 2 aliphatic rings. The van der Waals surface area contributed by atoms with E-state index >= 15 is 0 Å². The maximum absolute atomic E-state index is 13.0. The lowest BCUT2D eigenvalue weighted by molar-refractivity contribution is -0.144. The third-order valence-electron chi connectivity index (χ3n) is 6.17. The van der Waals surface area contributed by atoms with E-state index in [1.54, 1.807) is 37.3 Å². The molecule has 4 rings (SSSR count). The lowest BCUT2D eigenvalue weighted by atomic mass is 10.1. The fraction of sp³-hybridized carbons (Fsp3) is 0.478. The Morgan fingerprint density at radius 1 is 1.16 bits per heavy atom. The molecule has 0 N–H and O–H groups in total. The molecule has 1 aromatic heterocycles. The Hall–Kier alpha value is -2.49. The van der Waals surface area contributed by atoms with Crippen molar-refractivity contribution < 1.29 is 27.5 Å². The molecule has 9 heteroatoms. The van der Waals surface area contributed by atoms with Gasteiger partial charge in [-0.1, -0.05) is 13.0 Å². The first-order valence-electron chi connectivity index (χ1n) is 10.8. The Labute approximate surface area is 188 Å². The zero-order chi connectivity index (χ0) is 23.0. The first-order valence-corrected chi connectivity index (χ1v) is 12.2. The topological polar surface area (TPSA) is 94.9 Å². The molecule has 0 amide bonds. The Kier molecular flexibility index (Phi) is 6.24. The highest BCUT2D eigenvalue weighted by Gasteiger charge is 2.40. The van der Waals surface area contributed by atoms with E-state index in [4.69, 9.17) is 9.47 Å². The summed E-state index contributed by atoms with van der Waals surface area (Å²) in [5.74, 6) is -0.362. The minimum absolute atomic E-state index is 0.0913. The third kappa shape index (κ3) is 4.37. The number of rotatable bonds is 7. The van der Waals surface area contributed by atoms with Crippen LogP contribution in [-0.4, -0.2) is 62.0 Å². The highest BCUT2D eigenvalue weighted by Crippen LogP contribution is 2.38. The van der Waals surface area contributed by atoms with Gasteiger partial charge in [-0.05, 0) is 50.5 Å². The van der Waals surface area contributed by atoms with Crippen LogP contribution in [0.4, 0.5) is 0 Å². The number of morpholine rings is 1. The Balaban J connectivity index is 1.56. The molecular weight excluding hydrogens is 432 g/mol. The van der Waals surface area contributed by atoms with Crippen LogP contribution in [0.5, 0.6) is 0 Å². The molecule has 2 heterocycles. The molecular formula is C23H28N2O6S. The number of aromatic nitrogens is 1. The minimum atomic E-state index is -3.64. The smallest absolute Gasteiger partial charge is 0.309 e. The van der Waals surface area contributed by atoms with Crippen molar-refractivity contribution >= 4 is 21.8 Å². The number of carbonyl (C=O) groups is 2. The van der Waals surface area contributed by atoms with E-state index in [0.717, 1.165) is 12.1 Å². The highest BCUT2D eigenvalue weighted by molar-refractivity contribution is 7.89. The molecule has 8 nitrogen and oxygen atoms in total. The summed E-state index contributed by atoms with van der Waals surface area (Å²) < 4.78 is 39.8. The maximum Gasteiger partial charge on any atom is 0.309 e. The van der Waals surface area contributed by atoms with Crippen molar-refractivity contribution in [2.75, 3.05) is 32.9 Å². The van der Waals surface area contributed by atoms with E-state index in [0.29, 0.717) is 49.2 Å². The molecule has 32 heavy (non-hydrogen) atoms. The molecule has 172 valence electrons. The molecule has 2 aromatic rings. The summed E-state index contributed by atoms with van der Waals surface area (Å²) in [5.41, 5.74) is 2.57. The molecule has 1 aliphatic carbocycles. The van der Waals surface area contributed by atoms with Gasteiger partial charge in [-0.25, -0.2) is 8.42 Å². The fourth-order valence-corrected chi connectivity index (χ4v) is 5.58. The van der Waals surface area contributed by atoms with Gasteiger partial charge < -0.3 is 14.0 Å². The number of aryl methyl sites for hydroxylation is 1. The number of carbonyl (C=O) groups excluding carboxylic acids is 2.